The van der Waals surface area contributed by atoms with E-state index in [-0.39, 0.29) is 6.54 Å². The molecule has 1 atom stereocenters. The fraction of sp³-hybridized carbons (Fsp3) is 0.714. The van der Waals surface area contributed by atoms with Crippen LogP contribution >= 0.6 is 0 Å². The predicted octanol–water partition coefficient (Wildman–Crippen LogP) is -0.759. The van der Waals surface area contributed by atoms with E-state index in [1.807, 2.05) is 0 Å². The molecule has 0 aromatic rings. The normalized spacial score (nSPS) is 19.5. The minimum Gasteiger partial charge on any atom is -0.480 e. The number of ether oxygens (including phenoxy) is 1. The Morgan fingerprint density at radius 2 is 2.46 bits per heavy atom. The van der Waals surface area contributed by atoms with E-state index in [1.165, 1.54) is 4.90 Å². The van der Waals surface area contributed by atoms with Crippen molar-refractivity contribution in [3.8, 4) is 0 Å². The fourth-order valence-electron chi connectivity index (χ4n) is 1.08. The second-order valence-corrected chi connectivity index (χ2v) is 2.86. The maximum Gasteiger partial charge on any atom is 0.409 e. The van der Waals surface area contributed by atoms with E-state index in [0.29, 0.717) is 13.2 Å². The zero-order chi connectivity index (χ0) is 9.84. The molecular weight excluding hydrogens is 176 g/mol. The Kier molecular flexibility index (Phi) is 3.07. The van der Waals surface area contributed by atoms with Crippen molar-refractivity contribution in [3.05, 3.63) is 0 Å². The van der Waals surface area contributed by atoms with Gasteiger partial charge in [0.05, 0.1) is 6.61 Å². The maximum atomic E-state index is 11.0. The number of rotatable bonds is 3. The van der Waals surface area contributed by atoms with E-state index in [1.54, 1.807) is 0 Å². The molecule has 3 N–H and O–H groups in total. The van der Waals surface area contributed by atoms with Gasteiger partial charge in [0, 0.05) is 13.1 Å². The van der Waals surface area contributed by atoms with Gasteiger partial charge in [0.25, 0.3) is 0 Å². The highest BCUT2D eigenvalue weighted by molar-refractivity contribution is 5.75. The molecule has 13 heavy (non-hydrogen) atoms. The Balaban J connectivity index is 2.42. The Bertz CT molecular complexity index is 219. The summed E-state index contributed by atoms with van der Waals surface area (Å²) >= 11 is 0. The minimum absolute atomic E-state index is 0.00810. The van der Waals surface area contributed by atoms with Crippen LogP contribution in [0.3, 0.4) is 0 Å². The lowest BCUT2D eigenvalue weighted by Gasteiger charge is -2.27. The number of amides is 1. The number of carbonyl (C=O) groups excluding carboxylic acids is 1. The van der Waals surface area contributed by atoms with E-state index in [9.17, 15) is 9.59 Å². The van der Waals surface area contributed by atoms with Crippen LogP contribution < -0.4 is 5.73 Å². The van der Waals surface area contributed by atoms with Gasteiger partial charge in [-0.25, -0.2) is 4.79 Å². The summed E-state index contributed by atoms with van der Waals surface area (Å²) in [5.41, 5.74) is 5.26. The number of nitrogens with two attached hydrogens (primary N) is 1. The molecule has 1 saturated heterocycles. The second-order valence-electron chi connectivity index (χ2n) is 2.86. The first kappa shape index (κ1) is 9.79. The third-order valence-corrected chi connectivity index (χ3v) is 1.79. The summed E-state index contributed by atoms with van der Waals surface area (Å²) in [6, 6.07) is -1.04. The molecule has 6 nitrogen and oxygen atoms in total. The summed E-state index contributed by atoms with van der Waals surface area (Å²) in [5, 5.41) is 8.50. The Morgan fingerprint density at radius 1 is 1.77 bits per heavy atom. The average molecular weight is 188 g/mol. The van der Waals surface area contributed by atoms with Crippen LogP contribution in [-0.4, -0.2) is 47.8 Å². The number of nitrogens with zero attached hydrogens (tertiary/aromatic N) is 1. The van der Waals surface area contributed by atoms with Crippen molar-refractivity contribution < 1.29 is 19.4 Å². The summed E-state index contributed by atoms with van der Waals surface area (Å²) in [5.74, 6) is -1.11. The molecule has 1 rings (SSSR count). The van der Waals surface area contributed by atoms with Crippen LogP contribution in [0.4, 0.5) is 4.79 Å². The van der Waals surface area contributed by atoms with E-state index in [2.05, 4.69) is 0 Å². The monoisotopic (exact) mass is 188 g/mol. The van der Waals surface area contributed by atoms with Gasteiger partial charge in [-0.2, -0.15) is 0 Å². The number of hydrogen-bond donors (Lipinski definition) is 2. The van der Waals surface area contributed by atoms with Crippen LogP contribution in [0.5, 0.6) is 0 Å². The van der Waals surface area contributed by atoms with Gasteiger partial charge >= 0.3 is 12.1 Å². The average Bonchev–Trinajstić information content (AvgIpc) is 2.08. The predicted molar refractivity (Wildman–Crippen MR) is 43.1 cm³/mol. The largest absolute Gasteiger partial charge is 0.480 e. The maximum absolute atomic E-state index is 11.0. The van der Waals surface area contributed by atoms with Crippen LogP contribution in [0.25, 0.3) is 0 Å². The Hall–Kier alpha value is -1.30. The van der Waals surface area contributed by atoms with Gasteiger partial charge in [0.2, 0.25) is 0 Å². The molecule has 1 heterocycles. The molecular formula is C7H12N2O4. The van der Waals surface area contributed by atoms with Gasteiger partial charge in [-0.05, 0) is 6.42 Å². The van der Waals surface area contributed by atoms with Gasteiger partial charge in [-0.15, -0.1) is 0 Å². The van der Waals surface area contributed by atoms with Crippen LogP contribution in [0, 0.1) is 0 Å². The molecule has 1 aliphatic heterocycles. The summed E-state index contributed by atoms with van der Waals surface area (Å²) in [6.07, 6.45) is 0.237. The molecule has 0 bridgehead atoms. The van der Waals surface area contributed by atoms with Crippen molar-refractivity contribution in [2.24, 2.45) is 5.73 Å². The van der Waals surface area contributed by atoms with Crippen molar-refractivity contribution >= 4 is 12.1 Å². The zero-order valence-corrected chi connectivity index (χ0v) is 7.10. The summed E-state index contributed by atoms with van der Waals surface area (Å²) in [4.78, 5) is 22.7. The standard InChI is InChI=1S/C7H12N2O4/c8-5(6(10)11)4-9-2-1-3-13-7(9)12/h5H,1-4,8H2,(H,10,11). The van der Waals surface area contributed by atoms with Gasteiger partial charge in [0.15, 0.2) is 0 Å². The van der Waals surface area contributed by atoms with Crippen molar-refractivity contribution in [2.45, 2.75) is 12.5 Å². The van der Waals surface area contributed by atoms with Crippen LogP contribution in [0.2, 0.25) is 0 Å². The van der Waals surface area contributed by atoms with E-state index in [0.717, 1.165) is 6.42 Å². The van der Waals surface area contributed by atoms with Gasteiger partial charge in [-0.3, -0.25) is 4.79 Å². The zero-order valence-electron chi connectivity index (χ0n) is 7.10. The number of carbonyl (C=O) groups is 2. The van der Waals surface area contributed by atoms with Crippen molar-refractivity contribution in [1.82, 2.24) is 4.90 Å². The highest BCUT2D eigenvalue weighted by Crippen LogP contribution is 2.04. The third-order valence-electron chi connectivity index (χ3n) is 1.79. The molecule has 74 valence electrons. The van der Waals surface area contributed by atoms with E-state index < -0.39 is 18.1 Å². The minimum atomic E-state index is -1.11. The Morgan fingerprint density at radius 3 is 3.00 bits per heavy atom. The smallest absolute Gasteiger partial charge is 0.409 e. The SMILES string of the molecule is NC(CN1CCCOC1=O)C(=O)O. The third kappa shape index (κ3) is 2.59. The van der Waals surface area contributed by atoms with Crippen LogP contribution in [-0.2, 0) is 9.53 Å². The lowest BCUT2D eigenvalue weighted by molar-refractivity contribution is -0.138. The first-order valence-electron chi connectivity index (χ1n) is 4.01. The quantitative estimate of drug-likeness (QED) is 0.607. The highest BCUT2D eigenvalue weighted by Gasteiger charge is 2.24. The molecule has 0 radical (unpaired) electrons. The molecule has 0 aliphatic carbocycles. The molecule has 1 fully saturated rings. The molecule has 1 unspecified atom stereocenters. The first-order valence-corrected chi connectivity index (χ1v) is 4.01. The summed E-state index contributed by atoms with van der Waals surface area (Å²) in [7, 11) is 0. The van der Waals surface area contributed by atoms with Gasteiger partial charge in [0.1, 0.15) is 6.04 Å². The molecule has 1 amide bonds. The number of carboxylic acids is 1. The molecule has 0 aromatic heterocycles. The highest BCUT2D eigenvalue weighted by atomic mass is 16.6. The number of carboxylic acid groups (broad SMARTS) is 1. The molecule has 0 saturated carbocycles. The summed E-state index contributed by atoms with van der Waals surface area (Å²) < 4.78 is 4.71. The van der Waals surface area contributed by atoms with Crippen molar-refractivity contribution in [2.75, 3.05) is 19.7 Å². The summed E-state index contributed by atoms with van der Waals surface area (Å²) in [6.45, 7) is 0.922. The Labute approximate surface area is 75.3 Å². The molecule has 1 aliphatic rings. The first-order chi connectivity index (χ1) is 6.11. The van der Waals surface area contributed by atoms with Crippen LogP contribution in [0.15, 0.2) is 0 Å². The number of hydrogen-bond acceptors (Lipinski definition) is 4. The van der Waals surface area contributed by atoms with Gasteiger partial charge < -0.3 is 20.5 Å². The molecule has 6 heteroatoms. The number of aliphatic carboxylic acids is 1. The lowest BCUT2D eigenvalue weighted by Crippen LogP contribution is -2.47. The van der Waals surface area contributed by atoms with Crippen LogP contribution in [0.1, 0.15) is 6.42 Å². The fourth-order valence-corrected chi connectivity index (χ4v) is 1.08. The van der Waals surface area contributed by atoms with Crippen molar-refractivity contribution in [3.63, 3.8) is 0 Å². The van der Waals surface area contributed by atoms with E-state index in [4.69, 9.17) is 15.6 Å². The van der Waals surface area contributed by atoms with Crippen molar-refractivity contribution in [1.29, 1.82) is 0 Å². The second kappa shape index (κ2) is 4.08. The number of cyclic esters (lactones) is 1. The lowest BCUT2D eigenvalue weighted by atomic mass is 10.2. The van der Waals surface area contributed by atoms with Gasteiger partial charge in [-0.1, -0.05) is 0 Å². The molecule has 0 aromatic carbocycles. The topological polar surface area (TPSA) is 92.9 Å². The van der Waals surface area contributed by atoms with E-state index >= 15 is 0 Å². The molecule has 0 spiro atoms.